The lowest BCUT2D eigenvalue weighted by Crippen LogP contribution is -2.20. The van der Waals surface area contributed by atoms with Gasteiger partial charge >= 0.3 is 0 Å². The zero-order valence-corrected chi connectivity index (χ0v) is 10.7. The number of fused-ring (bicyclic) bond motifs is 4. The molecule has 0 saturated heterocycles. The van der Waals surface area contributed by atoms with E-state index in [1.807, 2.05) is 42.5 Å². The fraction of sp³-hybridized carbons (Fsp3) is 0.118. The van der Waals surface area contributed by atoms with Crippen molar-refractivity contribution in [2.24, 2.45) is 0 Å². The van der Waals surface area contributed by atoms with Gasteiger partial charge in [-0.3, -0.25) is 0 Å². The Bertz CT molecular complexity index is 854. The van der Waals surface area contributed by atoms with Gasteiger partial charge in [0.1, 0.15) is 12.2 Å². The van der Waals surface area contributed by atoms with Gasteiger partial charge in [-0.2, -0.15) is 0 Å². The molecule has 3 nitrogen and oxygen atoms in total. The van der Waals surface area contributed by atoms with Gasteiger partial charge in [0.05, 0.1) is 11.0 Å². The van der Waals surface area contributed by atoms with Crippen LogP contribution in [0.3, 0.4) is 0 Å². The molecule has 0 spiro atoms. The molecule has 1 heterocycles. The second-order valence-corrected chi connectivity index (χ2v) is 5.12. The lowest BCUT2D eigenvalue weighted by molar-refractivity contribution is 0.0479. The summed E-state index contributed by atoms with van der Waals surface area (Å²) in [6.45, 7) is 0. The third kappa shape index (κ3) is 1.57. The molecule has 0 bridgehead atoms. The molecule has 1 aliphatic rings. The van der Waals surface area contributed by atoms with Crippen LogP contribution in [-0.4, -0.2) is 21.3 Å². The maximum atomic E-state index is 10.3. The number of benzene rings is 2. The van der Waals surface area contributed by atoms with Gasteiger partial charge in [-0.25, -0.2) is 4.98 Å². The first-order chi connectivity index (χ1) is 9.74. The molecular weight excluding hydrogens is 250 g/mol. The average Bonchev–Trinajstić information content (AvgIpc) is 2.48. The van der Waals surface area contributed by atoms with Crippen LogP contribution in [-0.2, 0) is 0 Å². The van der Waals surface area contributed by atoms with Crippen LogP contribution in [0.4, 0.5) is 0 Å². The van der Waals surface area contributed by atoms with E-state index >= 15 is 0 Å². The monoisotopic (exact) mass is 263 g/mol. The molecule has 2 aromatic carbocycles. The van der Waals surface area contributed by atoms with Gasteiger partial charge in [0.25, 0.3) is 0 Å². The molecule has 2 N–H and O–H groups in total. The quantitative estimate of drug-likeness (QED) is 0.613. The van der Waals surface area contributed by atoms with Crippen molar-refractivity contribution in [2.45, 2.75) is 12.2 Å². The van der Waals surface area contributed by atoms with E-state index in [0.717, 1.165) is 27.4 Å². The van der Waals surface area contributed by atoms with E-state index in [4.69, 9.17) is 0 Å². The van der Waals surface area contributed by atoms with Crippen LogP contribution < -0.4 is 0 Å². The lowest BCUT2D eigenvalue weighted by Gasteiger charge is -2.23. The van der Waals surface area contributed by atoms with E-state index in [0.29, 0.717) is 5.56 Å². The number of aromatic nitrogens is 1. The molecule has 3 heteroatoms. The van der Waals surface area contributed by atoms with Crippen molar-refractivity contribution in [3.05, 3.63) is 59.7 Å². The molecule has 0 unspecified atom stereocenters. The largest absolute Gasteiger partial charge is 0.386 e. The minimum Gasteiger partial charge on any atom is -0.386 e. The van der Waals surface area contributed by atoms with Crippen LogP contribution in [0.15, 0.2) is 48.5 Å². The number of aliphatic hydroxyl groups excluding tert-OH is 2. The van der Waals surface area contributed by atoms with Crippen molar-refractivity contribution < 1.29 is 10.2 Å². The highest BCUT2D eigenvalue weighted by atomic mass is 16.3. The Morgan fingerprint density at radius 3 is 2.70 bits per heavy atom. The molecule has 2 atom stereocenters. The van der Waals surface area contributed by atoms with Crippen molar-refractivity contribution >= 4 is 27.9 Å². The smallest absolute Gasteiger partial charge is 0.111 e. The second kappa shape index (κ2) is 4.13. The number of nitrogens with zero attached hydrogens (tertiary/aromatic N) is 1. The number of rotatable bonds is 0. The molecule has 0 saturated carbocycles. The number of pyridine rings is 1. The minimum absolute atomic E-state index is 0.711. The maximum Gasteiger partial charge on any atom is 0.111 e. The third-order valence-corrected chi connectivity index (χ3v) is 3.85. The van der Waals surface area contributed by atoms with Gasteiger partial charge in [0.2, 0.25) is 0 Å². The molecule has 0 fully saturated rings. The van der Waals surface area contributed by atoms with Gasteiger partial charge in [0, 0.05) is 16.3 Å². The molecule has 0 amide bonds. The van der Waals surface area contributed by atoms with E-state index < -0.39 is 12.2 Å². The Morgan fingerprint density at radius 1 is 0.950 bits per heavy atom. The molecule has 4 rings (SSSR count). The van der Waals surface area contributed by atoms with Gasteiger partial charge in [-0.1, -0.05) is 42.5 Å². The van der Waals surface area contributed by atoms with E-state index in [1.54, 1.807) is 6.08 Å². The topological polar surface area (TPSA) is 53.4 Å². The molecule has 1 aromatic heterocycles. The zero-order chi connectivity index (χ0) is 13.7. The van der Waals surface area contributed by atoms with Gasteiger partial charge in [0.15, 0.2) is 0 Å². The fourth-order valence-corrected chi connectivity index (χ4v) is 2.82. The summed E-state index contributed by atoms with van der Waals surface area (Å²) in [6, 6.07) is 13.9. The Kier molecular flexibility index (Phi) is 2.39. The maximum absolute atomic E-state index is 10.3. The Morgan fingerprint density at radius 2 is 1.80 bits per heavy atom. The summed E-state index contributed by atoms with van der Waals surface area (Å²) in [5.41, 5.74) is 3.28. The number of aliphatic hydroxyl groups is 2. The van der Waals surface area contributed by atoms with Crippen LogP contribution >= 0.6 is 0 Å². The first-order valence-electron chi connectivity index (χ1n) is 6.61. The van der Waals surface area contributed by atoms with Crippen molar-refractivity contribution in [2.75, 3.05) is 0 Å². The highest BCUT2D eigenvalue weighted by molar-refractivity contribution is 5.95. The van der Waals surface area contributed by atoms with Crippen molar-refractivity contribution in [3.63, 3.8) is 0 Å². The first kappa shape index (κ1) is 11.6. The van der Waals surface area contributed by atoms with Crippen LogP contribution in [0.1, 0.15) is 17.2 Å². The van der Waals surface area contributed by atoms with Crippen LogP contribution in [0.25, 0.3) is 27.9 Å². The van der Waals surface area contributed by atoms with E-state index in [1.165, 1.54) is 0 Å². The summed E-state index contributed by atoms with van der Waals surface area (Å²) < 4.78 is 0. The average molecular weight is 263 g/mol. The number of hydrogen-bond donors (Lipinski definition) is 2. The molecular formula is C17H13NO2. The Balaban J connectivity index is 2.12. The highest BCUT2D eigenvalue weighted by Gasteiger charge is 2.25. The van der Waals surface area contributed by atoms with Crippen molar-refractivity contribution in [3.8, 4) is 0 Å². The van der Waals surface area contributed by atoms with E-state index in [9.17, 15) is 10.2 Å². The fourth-order valence-electron chi connectivity index (χ4n) is 2.82. The Hall–Kier alpha value is -2.23. The summed E-state index contributed by atoms with van der Waals surface area (Å²) in [4.78, 5) is 4.67. The molecule has 0 radical (unpaired) electrons. The van der Waals surface area contributed by atoms with Gasteiger partial charge < -0.3 is 10.2 Å². The standard InChI is InChI=1S/C17H13NO2/c19-14-8-7-10-5-6-12-9-11-3-1-2-4-13(11)18-16(12)15(10)17(14)20/h1-9,14,17,19-20H/t14-,17+/m0/s1. The molecule has 0 aliphatic heterocycles. The number of hydrogen-bond acceptors (Lipinski definition) is 3. The van der Waals surface area contributed by atoms with Gasteiger partial charge in [-0.05, 0) is 17.7 Å². The molecule has 1 aliphatic carbocycles. The second-order valence-electron chi connectivity index (χ2n) is 5.12. The normalized spacial score (nSPS) is 21.3. The minimum atomic E-state index is -0.924. The van der Waals surface area contributed by atoms with Crippen LogP contribution in [0.5, 0.6) is 0 Å². The summed E-state index contributed by atoms with van der Waals surface area (Å²) in [7, 11) is 0. The lowest BCUT2D eigenvalue weighted by atomic mass is 9.90. The predicted octanol–water partition coefficient (Wildman–Crippen LogP) is 2.81. The van der Waals surface area contributed by atoms with E-state index in [-0.39, 0.29) is 0 Å². The van der Waals surface area contributed by atoms with Gasteiger partial charge in [-0.15, -0.1) is 0 Å². The Labute approximate surface area is 115 Å². The van der Waals surface area contributed by atoms with Crippen molar-refractivity contribution in [1.29, 1.82) is 0 Å². The van der Waals surface area contributed by atoms with Crippen LogP contribution in [0.2, 0.25) is 0 Å². The highest BCUT2D eigenvalue weighted by Crippen LogP contribution is 2.34. The van der Waals surface area contributed by atoms with Crippen molar-refractivity contribution in [1.82, 2.24) is 4.98 Å². The summed E-state index contributed by atoms with van der Waals surface area (Å²) in [5.74, 6) is 0. The van der Waals surface area contributed by atoms with E-state index in [2.05, 4.69) is 11.1 Å². The first-order valence-corrected chi connectivity index (χ1v) is 6.61. The third-order valence-electron chi connectivity index (χ3n) is 3.85. The summed E-state index contributed by atoms with van der Waals surface area (Å²) in [5, 5.41) is 22.1. The SMILES string of the molecule is O[C@H]1C=Cc2ccc3cc4ccccc4nc3c2[C@@H]1O. The molecule has 98 valence electrons. The molecule has 20 heavy (non-hydrogen) atoms. The predicted molar refractivity (Wildman–Crippen MR) is 79.2 cm³/mol. The summed E-state index contributed by atoms with van der Waals surface area (Å²) in [6.07, 6.45) is 1.65. The number of para-hydroxylation sites is 1. The van der Waals surface area contributed by atoms with Crippen LogP contribution in [0, 0.1) is 0 Å². The molecule has 3 aromatic rings. The summed E-state index contributed by atoms with van der Waals surface area (Å²) >= 11 is 0. The zero-order valence-electron chi connectivity index (χ0n) is 10.7.